The minimum absolute atomic E-state index is 0.123. The maximum absolute atomic E-state index is 11.9. The van der Waals surface area contributed by atoms with E-state index in [2.05, 4.69) is 16.0 Å². The van der Waals surface area contributed by atoms with Crippen LogP contribution in [-0.2, 0) is 10.5 Å². The van der Waals surface area contributed by atoms with Crippen LogP contribution in [0.1, 0.15) is 27.3 Å². The van der Waals surface area contributed by atoms with Crippen molar-refractivity contribution in [2.45, 2.75) is 24.8 Å². The number of benzene rings is 2. The smallest absolute Gasteiger partial charge is 0.341 e. The van der Waals surface area contributed by atoms with Crippen molar-refractivity contribution in [1.82, 2.24) is 9.97 Å². The zero-order valence-electron chi connectivity index (χ0n) is 20.6. The van der Waals surface area contributed by atoms with Crippen LogP contribution in [-0.4, -0.2) is 42.4 Å². The highest BCUT2D eigenvalue weighted by Crippen LogP contribution is 2.43. The summed E-state index contributed by atoms with van der Waals surface area (Å²) in [6.45, 7) is 3.91. The summed E-state index contributed by atoms with van der Waals surface area (Å²) in [6, 6.07) is 14.9. The van der Waals surface area contributed by atoms with Gasteiger partial charge in [0.15, 0.2) is 16.7 Å². The molecule has 2 aromatic heterocycles. The number of thiophene rings is 1. The molecule has 0 atom stereocenters. The number of hydrogen-bond donors (Lipinski definition) is 1. The summed E-state index contributed by atoms with van der Waals surface area (Å²) in [4.78, 5) is 23.0. The van der Waals surface area contributed by atoms with Gasteiger partial charge in [0.05, 0.1) is 21.3 Å². The predicted molar refractivity (Wildman–Crippen MR) is 142 cm³/mol. The number of methoxy groups -OCH3 is 3. The summed E-state index contributed by atoms with van der Waals surface area (Å²) in [7, 11) is 4.50. The Labute approximate surface area is 218 Å². The lowest BCUT2D eigenvalue weighted by atomic mass is 10.1. The van der Waals surface area contributed by atoms with E-state index < -0.39 is 5.97 Å². The number of carbonyl (C=O) groups excluding carboxylic acids is 1. The number of hydrogen-bond acceptors (Lipinski definition) is 9. The first-order chi connectivity index (χ1) is 17.3. The van der Waals surface area contributed by atoms with Gasteiger partial charge in [0.25, 0.3) is 0 Å². The summed E-state index contributed by atoms with van der Waals surface area (Å²) in [5.74, 6) is 1.21. The lowest BCUT2D eigenvalue weighted by molar-refractivity contribution is 0.0597. The normalized spacial score (nSPS) is 10.8. The van der Waals surface area contributed by atoms with Crippen molar-refractivity contribution in [3.63, 3.8) is 0 Å². The van der Waals surface area contributed by atoms with Gasteiger partial charge in [-0.15, -0.1) is 11.3 Å². The number of aryl methyl sites for hydroxylation is 2. The molecule has 9 heteroatoms. The molecule has 0 fully saturated rings. The Hall–Kier alpha value is -3.56. The molecular formula is C27H26N2O5S2. The van der Waals surface area contributed by atoms with Crippen LogP contribution in [0.25, 0.3) is 20.9 Å². The fourth-order valence-corrected chi connectivity index (χ4v) is 5.96. The van der Waals surface area contributed by atoms with E-state index in [1.54, 1.807) is 49.5 Å². The number of aromatic hydroxyl groups is 1. The number of aromatic nitrogens is 2. The molecule has 7 nitrogen and oxygen atoms in total. The number of thioether (sulfide) groups is 1. The second-order valence-corrected chi connectivity index (χ2v) is 9.97. The Morgan fingerprint density at radius 2 is 1.61 bits per heavy atom. The number of phenols is 1. The molecule has 36 heavy (non-hydrogen) atoms. The monoisotopic (exact) mass is 522 g/mol. The Morgan fingerprint density at radius 3 is 2.25 bits per heavy atom. The predicted octanol–water partition coefficient (Wildman–Crippen LogP) is 6.29. The summed E-state index contributed by atoms with van der Waals surface area (Å²) in [5, 5.41) is 11.2. The first-order valence-corrected chi connectivity index (χ1v) is 12.8. The second-order valence-electron chi connectivity index (χ2n) is 7.98. The zero-order chi connectivity index (χ0) is 25.8. The summed E-state index contributed by atoms with van der Waals surface area (Å²) < 4.78 is 15.6. The van der Waals surface area contributed by atoms with Crippen LogP contribution >= 0.6 is 23.1 Å². The van der Waals surface area contributed by atoms with Crippen molar-refractivity contribution in [3.8, 4) is 38.1 Å². The molecule has 0 bridgehead atoms. The molecule has 0 amide bonds. The van der Waals surface area contributed by atoms with Gasteiger partial charge in [-0.25, -0.2) is 14.8 Å². The highest BCUT2D eigenvalue weighted by Gasteiger charge is 2.18. The van der Waals surface area contributed by atoms with Gasteiger partial charge in [0, 0.05) is 26.9 Å². The third kappa shape index (κ3) is 5.47. The van der Waals surface area contributed by atoms with Crippen molar-refractivity contribution in [3.05, 3.63) is 71.0 Å². The van der Waals surface area contributed by atoms with E-state index in [-0.39, 0.29) is 11.3 Å². The van der Waals surface area contributed by atoms with Gasteiger partial charge in [-0.1, -0.05) is 17.8 Å². The van der Waals surface area contributed by atoms with E-state index in [9.17, 15) is 9.90 Å². The molecule has 0 saturated carbocycles. The minimum Gasteiger partial charge on any atom is -0.507 e. The molecule has 4 rings (SSSR count). The summed E-state index contributed by atoms with van der Waals surface area (Å²) in [5.41, 5.74) is 4.80. The maximum Gasteiger partial charge on any atom is 0.341 e. The number of carbonyl (C=O) groups is 1. The van der Waals surface area contributed by atoms with E-state index in [0.717, 1.165) is 37.8 Å². The van der Waals surface area contributed by atoms with Gasteiger partial charge in [-0.05, 0) is 73.0 Å². The number of phenolic OH excluding ortho intramolecular Hbond substituents is 1. The zero-order valence-corrected chi connectivity index (χ0v) is 22.3. The van der Waals surface area contributed by atoms with Crippen LogP contribution in [0.2, 0.25) is 0 Å². The number of nitrogens with zero attached hydrogens (tertiary/aromatic N) is 2. The largest absolute Gasteiger partial charge is 0.507 e. The van der Waals surface area contributed by atoms with Gasteiger partial charge >= 0.3 is 5.97 Å². The molecule has 0 aliphatic heterocycles. The Kier molecular flexibility index (Phi) is 7.81. The van der Waals surface area contributed by atoms with Crippen LogP contribution in [0.5, 0.6) is 17.2 Å². The van der Waals surface area contributed by atoms with Crippen LogP contribution in [0.4, 0.5) is 0 Å². The van der Waals surface area contributed by atoms with Crippen LogP contribution in [0, 0.1) is 13.8 Å². The number of ether oxygens (including phenoxy) is 3. The third-order valence-electron chi connectivity index (χ3n) is 5.46. The highest BCUT2D eigenvalue weighted by molar-refractivity contribution is 7.98. The number of esters is 1. The lowest BCUT2D eigenvalue weighted by Crippen LogP contribution is -2.01. The van der Waals surface area contributed by atoms with E-state index in [1.807, 2.05) is 44.2 Å². The summed E-state index contributed by atoms with van der Waals surface area (Å²) >= 11 is 3.14. The molecule has 0 unspecified atom stereocenters. The van der Waals surface area contributed by atoms with Crippen molar-refractivity contribution in [2.75, 3.05) is 21.3 Å². The minimum atomic E-state index is -0.584. The van der Waals surface area contributed by atoms with E-state index >= 15 is 0 Å². The van der Waals surface area contributed by atoms with Crippen molar-refractivity contribution < 1.29 is 24.1 Å². The first kappa shape index (κ1) is 25.5. The quantitative estimate of drug-likeness (QED) is 0.164. The Bertz CT molecular complexity index is 1400. The molecule has 2 heterocycles. The molecule has 0 aliphatic carbocycles. The average Bonchev–Trinajstić information content (AvgIpc) is 3.30. The lowest BCUT2D eigenvalue weighted by Gasteiger charge is -2.08. The SMILES string of the molecule is COC(=O)c1ccc(-c2sc(-c3ccc(OC)c(OC)c3)cc2CSc2nc(C)cc(C)n2)cc1O. The van der Waals surface area contributed by atoms with Crippen molar-refractivity contribution >= 4 is 29.1 Å². The van der Waals surface area contributed by atoms with Crippen molar-refractivity contribution in [2.24, 2.45) is 0 Å². The molecule has 0 spiro atoms. The first-order valence-electron chi connectivity index (χ1n) is 11.0. The summed E-state index contributed by atoms with van der Waals surface area (Å²) in [6.07, 6.45) is 0. The molecule has 0 radical (unpaired) electrons. The van der Waals surface area contributed by atoms with Crippen LogP contribution in [0.3, 0.4) is 0 Å². The molecule has 0 aliphatic rings. The van der Waals surface area contributed by atoms with Gasteiger partial charge in [0.2, 0.25) is 0 Å². The van der Waals surface area contributed by atoms with Gasteiger partial charge in [-0.3, -0.25) is 0 Å². The molecular weight excluding hydrogens is 496 g/mol. The topological polar surface area (TPSA) is 90.8 Å². The van der Waals surface area contributed by atoms with Gasteiger partial charge in [-0.2, -0.15) is 0 Å². The molecule has 2 aromatic carbocycles. The van der Waals surface area contributed by atoms with E-state index in [0.29, 0.717) is 22.4 Å². The average molecular weight is 523 g/mol. The van der Waals surface area contributed by atoms with Gasteiger partial charge in [0.1, 0.15) is 11.3 Å². The molecule has 186 valence electrons. The number of rotatable bonds is 8. The van der Waals surface area contributed by atoms with Crippen LogP contribution < -0.4 is 9.47 Å². The van der Waals surface area contributed by atoms with Crippen molar-refractivity contribution in [1.29, 1.82) is 0 Å². The van der Waals surface area contributed by atoms with Crippen LogP contribution in [0.15, 0.2) is 53.7 Å². The van der Waals surface area contributed by atoms with E-state index in [1.165, 1.54) is 7.11 Å². The fraction of sp³-hybridized carbons (Fsp3) is 0.222. The Balaban J connectivity index is 1.76. The molecule has 1 N–H and O–H groups in total. The highest BCUT2D eigenvalue weighted by atomic mass is 32.2. The standard InChI is InChI=1S/C27H26N2O5S2/c1-15-10-16(2)29-27(28-15)35-14-19-13-24(17-7-9-22(32-3)23(12-17)33-4)36-25(19)18-6-8-20(21(30)11-18)26(31)34-5/h6-13,30H,14H2,1-5H3. The molecule has 4 aromatic rings. The van der Waals surface area contributed by atoms with E-state index in [4.69, 9.17) is 14.2 Å². The third-order valence-corrected chi connectivity index (χ3v) is 7.63. The van der Waals surface area contributed by atoms with Gasteiger partial charge < -0.3 is 19.3 Å². The maximum atomic E-state index is 11.9. The molecule has 0 saturated heterocycles. The Morgan fingerprint density at radius 1 is 0.917 bits per heavy atom. The second kappa shape index (κ2) is 11.0. The fourth-order valence-electron chi connectivity index (χ4n) is 3.77.